The third-order valence-corrected chi connectivity index (χ3v) is 4.44. The molecular weight excluding hydrogens is 428 g/mol. The second-order valence-electron chi connectivity index (χ2n) is 5.76. The van der Waals surface area contributed by atoms with Crippen LogP contribution in [-0.4, -0.2) is 33.4 Å². The average Bonchev–Trinajstić information content (AvgIpc) is 2.71. The Labute approximate surface area is 171 Å². The minimum Gasteiger partial charge on any atom is -0.494 e. The molecule has 2 aromatic carbocycles. The highest BCUT2D eigenvalue weighted by atomic mass is 79.9. The molecule has 0 saturated carbocycles. The van der Waals surface area contributed by atoms with Gasteiger partial charge in [-0.15, -0.1) is 5.11 Å². The summed E-state index contributed by atoms with van der Waals surface area (Å²) >= 11 is 3.39. The van der Waals surface area contributed by atoms with Crippen molar-refractivity contribution >= 4 is 39.4 Å². The molecule has 0 bridgehead atoms. The van der Waals surface area contributed by atoms with Crippen LogP contribution in [0.25, 0.3) is 6.08 Å². The van der Waals surface area contributed by atoms with E-state index in [2.05, 4.69) is 26.2 Å². The predicted octanol–water partition coefficient (Wildman–Crippen LogP) is 5.22. The molecular formula is C20H19BrN2O5. The molecule has 1 aliphatic rings. The maximum Gasteiger partial charge on any atom is 0.337 e. The Morgan fingerprint density at radius 1 is 1.14 bits per heavy atom. The molecule has 1 aliphatic heterocycles. The largest absolute Gasteiger partial charge is 0.494 e. The second-order valence-corrected chi connectivity index (χ2v) is 6.68. The fourth-order valence-corrected chi connectivity index (χ4v) is 2.99. The van der Waals surface area contributed by atoms with Gasteiger partial charge in [-0.3, -0.25) is 0 Å². The van der Waals surface area contributed by atoms with Crippen LogP contribution in [0.15, 0.2) is 50.6 Å². The van der Waals surface area contributed by atoms with E-state index in [1.165, 1.54) is 0 Å². The van der Waals surface area contributed by atoms with E-state index < -0.39 is 5.97 Å². The van der Waals surface area contributed by atoms with Crippen LogP contribution in [0.1, 0.15) is 12.5 Å². The van der Waals surface area contributed by atoms with Gasteiger partial charge < -0.3 is 18.9 Å². The van der Waals surface area contributed by atoms with E-state index in [0.29, 0.717) is 46.4 Å². The standard InChI is InChI=1S/C20H19BrN2O5/c1-4-27-20(24)13-7-12-8-15(10-18(26-3)19(12)28-11-13)22-23-16-6-5-14(21)9-17(16)25-2/h5-10H,4,11H2,1-3H3. The third kappa shape index (κ3) is 4.33. The molecule has 7 nitrogen and oxygen atoms in total. The van der Waals surface area contributed by atoms with Crippen LogP contribution in [0.5, 0.6) is 17.2 Å². The molecule has 0 saturated heterocycles. The Balaban J connectivity index is 1.96. The summed E-state index contributed by atoms with van der Waals surface area (Å²) in [5, 5.41) is 8.55. The Kier molecular flexibility index (Phi) is 6.30. The lowest BCUT2D eigenvalue weighted by molar-refractivity contribution is -0.138. The number of halogens is 1. The van der Waals surface area contributed by atoms with E-state index in [1.54, 1.807) is 45.4 Å². The summed E-state index contributed by atoms with van der Waals surface area (Å²) in [4.78, 5) is 12.0. The number of azo groups is 1. The number of carbonyl (C=O) groups is 1. The highest BCUT2D eigenvalue weighted by molar-refractivity contribution is 9.10. The van der Waals surface area contributed by atoms with Gasteiger partial charge in [0.15, 0.2) is 11.5 Å². The first-order chi connectivity index (χ1) is 13.5. The normalized spacial score (nSPS) is 12.8. The molecule has 0 spiro atoms. The smallest absolute Gasteiger partial charge is 0.337 e. The highest BCUT2D eigenvalue weighted by Gasteiger charge is 2.22. The van der Waals surface area contributed by atoms with Crippen LogP contribution in [0.4, 0.5) is 11.4 Å². The first-order valence-corrected chi connectivity index (χ1v) is 9.32. The monoisotopic (exact) mass is 446 g/mol. The predicted molar refractivity (Wildman–Crippen MR) is 108 cm³/mol. The van der Waals surface area contributed by atoms with Gasteiger partial charge in [0.25, 0.3) is 0 Å². The Morgan fingerprint density at radius 2 is 1.93 bits per heavy atom. The highest BCUT2D eigenvalue weighted by Crippen LogP contribution is 2.40. The van der Waals surface area contributed by atoms with E-state index in [1.807, 2.05) is 12.1 Å². The molecule has 28 heavy (non-hydrogen) atoms. The first-order valence-electron chi connectivity index (χ1n) is 8.53. The van der Waals surface area contributed by atoms with Gasteiger partial charge in [-0.25, -0.2) is 4.79 Å². The number of nitrogens with zero attached hydrogens (tertiary/aromatic N) is 2. The van der Waals surface area contributed by atoms with Crippen LogP contribution < -0.4 is 14.2 Å². The molecule has 0 atom stereocenters. The lowest BCUT2D eigenvalue weighted by atomic mass is 10.1. The molecule has 3 rings (SSSR count). The third-order valence-electron chi connectivity index (χ3n) is 3.94. The van der Waals surface area contributed by atoms with Crippen molar-refractivity contribution in [3.63, 3.8) is 0 Å². The number of rotatable bonds is 6. The number of carbonyl (C=O) groups excluding carboxylic acids is 1. The Hall–Kier alpha value is -2.87. The summed E-state index contributed by atoms with van der Waals surface area (Å²) in [6.45, 7) is 2.18. The quantitative estimate of drug-likeness (QED) is 0.448. The van der Waals surface area contributed by atoms with Crippen molar-refractivity contribution < 1.29 is 23.7 Å². The summed E-state index contributed by atoms with van der Waals surface area (Å²) < 4.78 is 22.4. The van der Waals surface area contributed by atoms with Crippen molar-refractivity contribution in [2.45, 2.75) is 6.92 Å². The van der Waals surface area contributed by atoms with Gasteiger partial charge in [0.2, 0.25) is 0 Å². The van der Waals surface area contributed by atoms with Crippen LogP contribution in [0.2, 0.25) is 0 Å². The van der Waals surface area contributed by atoms with Crippen molar-refractivity contribution in [1.29, 1.82) is 0 Å². The molecule has 8 heteroatoms. The zero-order chi connectivity index (χ0) is 20.1. The van der Waals surface area contributed by atoms with Crippen molar-refractivity contribution in [2.75, 3.05) is 27.4 Å². The SMILES string of the molecule is CCOC(=O)C1=Cc2cc(N=Nc3ccc(Br)cc3OC)cc(OC)c2OC1. The van der Waals surface area contributed by atoms with Crippen LogP contribution >= 0.6 is 15.9 Å². The number of methoxy groups -OCH3 is 2. The van der Waals surface area contributed by atoms with Gasteiger partial charge in [-0.05, 0) is 37.3 Å². The minimum atomic E-state index is -0.404. The van der Waals surface area contributed by atoms with Gasteiger partial charge >= 0.3 is 5.97 Å². The van der Waals surface area contributed by atoms with Crippen LogP contribution in [0.3, 0.4) is 0 Å². The fraction of sp³-hybridized carbons (Fsp3) is 0.250. The van der Waals surface area contributed by atoms with E-state index in [4.69, 9.17) is 18.9 Å². The van der Waals surface area contributed by atoms with Gasteiger partial charge in [-0.2, -0.15) is 5.11 Å². The zero-order valence-electron chi connectivity index (χ0n) is 15.7. The molecule has 2 aromatic rings. The summed E-state index contributed by atoms with van der Waals surface area (Å²) in [6.07, 6.45) is 1.72. The lowest BCUT2D eigenvalue weighted by Gasteiger charge is -2.19. The van der Waals surface area contributed by atoms with Crippen molar-refractivity contribution in [3.05, 3.63) is 45.9 Å². The van der Waals surface area contributed by atoms with Crippen molar-refractivity contribution in [1.82, 2.24) is 0 Å². The fourth-order valence-electron chi connectivity index (χ4n) is 2.65. The number of hydrogen-bond acceptors (Lipinski definition) is 7. The number of ether oxygens (including phenoxy) is 4. The molecule has 0 aliphatic carbocycles. The Morgan fingerprint density at radius 3 is 2.64 bits per heavy atom. The van der Waals surface area contributed by atoms with Gasteiger partial charge in [-0.1, -0.05) is 15.9 Å². The molecule has 0 amide bonds. The van der Waals surface area contributed by atoms with Crippen LogP contribution in [0, 0.1) is 0 Å². The maximum absolute atomic E-state index is 12.0. The lowest BCUT2D eigenvalue weighted by Crippen LogP contribution is -2.17. The Bertz CT molecular complexity index is 956. The molecule has 1 heterocycles. The van der Waals surface area contributed by atoms with Crippen LogP contribution in [-0.2, 0) is 9.53 Å². The molecule has 0 fully saturated rings. The summed E-state index contributed by atoms with van der Waals surface area (Å²) in [5.74, 6) is 1.25. The minimum absolute atomic E-state index is 0.124. The second kappa shape index (κ2) is 8.88. The topological polar surface area (TPSA) is 78.7 Å². The van der Waals surface area contributed by atoms with Crippen molar-refractivity contribution in [2.24, 2.45) is 10.2 Å². The summed E-state index contributed by atoms with van der Waals surface area (Å²) in [7, 11) is 3.12. The number of esters is 1. The molecule has 0 aromatic heterocycles. The van der Waals surface area contributed by atoms with E-state index in [9.17, 15) is 4.79 Å². The van der Waals surface area contributed by atoms with Gasteiger partial charge in [0.05, 0.1) is 32.1 Å². The number of fused-ring (bicyclic) bond motifs is 1. The number of benzene rings is 2. The van der Waals surface area contributed by atoms with Gasteiger partial charge in [0.1, 0.15) is 18.0 Å². The van der Waals surface area contributed by atoms with E-state index in [-0.39, 0.29) is 6.61 Å². The van der Waals surface area contributed by atoms with E-state index in [0.717, 1.165) is 4.47 Å². The van der Waals surface area contributed by atoms with Crippen molar-refractivity contribution in [3.8, 4) is 17.2 Å². The molecule has 0 radical (unpaired) electrons. The maximum atomic E-state index is 12.0. The molecule has 0 unspecified atom stereocenters. The van der Waals surface area contributed by atoms with Gasteiger partial charge in [0, 0.05) is 16.1 Å². The zero-order valence-corrected chi connectivity index (χ0v) is 17.3. The summed E-state index contributed by atoms with van der Waals surface area (Å²) in [6, 6.07) is 8.95. The summed E-state index contributed by atoms with van der Waals surface area (Å²) in [5.41, 5.74) is 2.23. The molecule has 146 valence electrons. The molecule has 0 N–H and O–H groups in total. The first kappa shape index (κ1) is 19.9. The van der Waals surface area contributed by atoms with E-state index >= 15 is 0 Å². The average molecular weight is 447 g/mol. The number of hydrogen-bond donors (Lipinski definition) is 0.